The second-order valence-corrected chi connectivity index (χ2v) is 5.92. The maximum atomic E-state index is 6.35. The van der Waals surface area contributed by atoms with Crippen LogP contribution in [0, 0.1) is 0 Å². The summed E-state index contributed by atoms with van der Waals surface area (Å²) in [6, 6.07) is 6.15. The summed E-state index contributed by atoms with van der Waals surface area (Å²) in [7, 11) is 0. The molecular weight excluding hydrogens is 286 g/mol. The molecule has 16 heavy (non-hydrogen) atoms. The topological polar surface area (TPSA) is 3.24 Å². The first-order valence-corrected chi connectivity index (χ1v) is 7.17. The standard InChI is InChI=1S/C13H17BrClN/c1-13(2)7-4-8-16(13)12-10(9-14)5-3-6-11(12)15/h3,5-6H,4,7-9H2,1-2H3. The van der Waals surface area contributed by atoms with Crippen molar-refractivity contribution < 1.29 is 0 Å². The Kier molecular flexibility index (Phi) is 3.50. The third kappa shape index (κ3) is 2.10. The number of hydrogen-bond donors (Lipinski definition) is 0. The molecule has 0 spiro atoms. The Labute approximate surface area is 111 Å². The second-order valence-electron chi connectivity index (χ2n) is 4.95. The average molecular weight is 303 g/mol. The molecule has 1 aromatic rings. The first-order chi connectivity index (χ1) is 7.56. The van der Waals surface area contributed by atoms with Gasteiger partial charge >= 0.3 is 0 Å². The molecular formula is C13H17BrClN. The molecule has 1 nitrogen and oxygen atoms in total. The molecule has 1 aliphatic heterocycles. The fraction of sp³-hybridized carbons (Fsp3) is 0.538. The molecule has 0 saturated carbocycles. The molecule has 0 bridgehead atoms. The van der Waals surface area contributed by atoms with Crippen molar-refractivity contribution in [2.24, 2.45) is 0 Å². The summed E-state index contributed by atoms with van der Waals surface area (Å²) in [6.45, 7) is 5.69. The van der Waals surface area contributed by atoms with E-state index < -0.39 is 0 Å². The van der Waals surface area contributed by atoms with E-state index in [-0.39, 0.29) is 5.54 Å². The smallest absolute Gasteiger partial charge is 0.0642 e. The molecule has 88 valence electrons. The predicted octanol–water partition coefficient (Wildman–Crippen LogP) is 4.61. The average Bonchev–Trinajstić information content (AvgIpc) is 2.57. The SMILES string of the molecule is CC1(C)CCCN1c1c(Cl)cccc1CBr. The van der Waals surface area contributed by atoms with Crippen molar-refractivity contribution in [3.05, 3.63) is 28.8 Å². The molecule has 0 amide bonds. The van der Waals surface area contributed by atoms with Crippen molar-refractivity contribution in [2.45, 2.75) is 37.6 Å². The van der Waals surface area contributed by atoms with Crippen LogP contribution in [0.5, 0.6) is 0 Å². The van der Waals surface area contributed by atoms with Crippen LogP contribution in [-0.4, -0.2) is 12.1 Å². The van der Waals surface area contributed by atoms with Gasteiger partial charge in [0, 0.05) is 17.4 Å². The normalized spacial score (nSPS) is 19.1. The maximum Gasteiger partial charge on any atom is 0.0642 e. The molecule has 3 heteroatoms. The lowest BCUT2D eigenvalue weighted by Gasteiger charge is -2.35. The largest absolute Gasteiger partial charge is 0.365 e. The monoisotopic (exact) mass is 301 g/mol. The minimum atomic E-state index is 0.224. The predicted molar refractivity (Wildman–Crippen MR) is 74.7 cm³/mol. The van der Waals surface area contributed by atoms with E-state index in [9.17, 15) is 0 Å². The highest BCUT2D eigenvalue weighted by Crippen LogP contribution is 2.40. The van der Waals surface area contributed by atoms with Crippen molar-refractivity contribution in [3.63, 3.8) is 0 Å². The minimum absolute atomic E-state index is 0.224. The van der Waals surface area contributed by atoms with Crippen molar-refractivity contribution in [1.82, 2.24) is 0 Å². The van der Waals surface area contributed by atoms with Crippen LogP contribution in [0.1, 0.15) is 32.3 Å². The summed E-state index contributed by atoms with van der Waals surface area (Å²) in [5.41, 5.74) is 2.72. The van der Waals surface area contributed by atoms with E-state index in [4.69, 9.17) is 11.6 Å². The molecule has 0 unspecified atom stereocenters. The quantitative estimate of drug-likeness (QED) is 0.721. The van der Waals surface area contributed by atoms with Crippen LogP contribution in [0.25, 0.3) is 0 Å². The van der Waals surface area contributed by atoms with Gasteiger partial charge in [-0.3, -0.25) is 0 Å². The van der Waals surface area contributed by atoms with Crippen molar-refractivity contribution in [2.75, 3.05) is 11.4 Å². The van der Waals surface area contributed by atoms with Crippen LogP contribution in [0.15, 0.2) is 18.2 Å². The van der Waals surface area contributed by atoms with Crippen LogP contribution in [0.2, 0.25) is 5.02 Å². The van der Waals surface area contributed by atoms with Crippen LogP contribution < -0.4 is 4.90 Å². The summed E-state index contributed by atoms with van der Waals surface area (Å²) in [5, 5.41) is 1.72. The zero-order valence-corrected chi connectivity index (χ0v) is 12.1. The molecule has 0 atom stereocenters. The van der Waals surface area contributed by atoms with E-state index in [0.717, 1.165) is 16.9 Å². The molecule has 1 fully saturated rings. The number of benzene rings is 1. The molecule has 0 N–H and O–H groups in total. The van der Waals surface area contributed by atoms with Gasteiger partial charge in [-0.1, -0.05) is 39.7 Å². The Bertz CT molecular complexity index is 390. The summed E-state index contributed by atoms with van der Waals surface area (Å²) >= 11 is 9.89. The molecule has 0 aromatic heterocycles. The van der Waals surface area contributed by atoms with Crippen LogP contribution in [0.4, 0.5) is 5.69 Å². The molecule has 1 heterocycles. The lowest BCUT2D eigenvalue weighted by molar-refractivity contribution is 0.517. The Morgan fingerprint density at radius 1 is 1.44 bits per heavy atom. The highest BCUT2D eigenvalue weighted by Gasteiger charge is 2.33. The fourth-order valence-electron chi connectivity index (χ4n) is 2.49. The fourth-order valence-corrected chi connectivity index (χ4v) is 3.24. The first-order valence-electron chi connectivity index (χ1n) is 5.67. The lowest BCUT2D eigenvalue weighted by atomic mass is 10.0. The lowest BCUT2D eigenvalue weighted by Crippen LogP contribution is -2.38. The Morgan fingerprint density at radius 2 is 2.19 bits per heavy atom. The van der Waals surface area contributed by atoms with Crippen LogP contribution in [-0.2, 0) is 5.33 Å². The number of para-hydroxylation sites is 1. The van der Waals surface area contributed by atoms with Gasteiger partial charge < -0.3 is 4.90 Å². The van der Waals surface area contributed by atoms with Gasteiger partial charge in [0.2, 0.25) is 0 Å². The van der Waals surface area contributed by atoms with E-state index in [1.165, 1.54) is 24.1 Å². The van der Waals surface area contributed by atoms with Crippen LogP contribution >= 0.6 is 27.5 Å². The van der Waals surface area contributed by atoms with Gasteiger partial charge in [0.25, 0.3) is 0 Å². The van der Waals surface area contributed by atoms with Gasteiger partial charge in [-0.05, 0) is 38.3 Å². The van der Waals surface area contributed by atoms with Crippen molar-refractivity contribution in [1.29, 1.82) is 0 Å². The molecule has 1 aromatic carbocycles. The number of hydrogen-bond acceptors (Lipinski definition) is 1. The third-order valence-corrected chi connectivity index (χ3v) is 4.29. The van der Waals surface area contributed by atoms with Gasteiger partial charge in [-0.15, -0.1) is 0 Å². The summed E-state index contributed by atoms with van der Waals surface area (Å²) in [6.07, 6.45) is 2.49. The first kappa shape index (κ1) is 12.3. The Morgan fingerprint density at radius 3 is 2.75 bits per heavy atom. The Hall–Kier alpha value is -0.210. The second kappa shape index (κ2) is 4.58. The third-order valence-electron chi connectivity index (χ3n) is 3.39. The highest BCUT2D eigenvalue weighted by molar-refractivity contribution is 9.08. The van der Waals surface area contributed by atoms with Gasteiger partial charge in [-0.2, -0.15) is 0 Å². The number of anilines is 1. The van der Waals surface area contributed by atoms with E-state index >= 15 is 0 Å². The summed E-state index contributed by atoms with van der Waals surface area (Å²) in [4.78, 5) is 2.45. The van der Waals surface area contributed by atoms with E-state index in [1.807, 2.05) is 12.1 Å². The summed E-state index contributed by atoms with van der Waals surface area (Å²) in [5.74, 6) is 0. The van der Waals surface area contributed by atoms with Gasteiger partial charge in [0.05, 0.1) is 10.7 Å². The van der Waals surface area contributed by atoms with Crippen molar-refractivity contribution in [3.8, 4) is 0 Å². The van der Waals surface area contributed by atoms with Gasteiger partial charge in [0.15, 0.2) is 0 Å². The van der Waals surface area contributed by atoms with Crippen LogP contribution in [0.3, 0.4) is 0 Å². The molecule has 1 saturated heterocycles. The van der Waals surface area contributed by atoms with E-state index in [2.05, 4.69) is 40.7 Å². The highest BCUT2D eigenvalue weighted by atomic mass is 79.9. The molecule has 0 radical (unpaired) electrons. The van der Waals surface area contributed by atoms with Gasteiger partial charge in [-0.25, -0.2) is 0 Å². The molecule has 0 aliphatic carbocycles. The van der Waals surface area contributed by atoms with Gasteiger partial charge in [0.1, 0.15) is 0 Å². The zero-order valence-electron chi connectivity index (χ0n) is 9.76. The van der Waals surface area contributed by atoms with E-state index in [1.54, 1.807) is 0 Å². The van der Waals surface area contributed by atoms with Crippen molar-refractivity contribution >= 4 is 33.2 Å². The zero-order chi connectivity index (χ0) is 11.8. The number of halogens is 2. The molecule has 2 rings (SSSR count). The maximum absolute atomic E-state index is 6.35. The van der Waals surface area contributed by atoms with E-state index in [0.29, 0.717) is 0 Å². The number of nitrogens with zero attached hydrogens (tertiary/aromatic N) is 1. The summed E-state index contributed by atoms with van der Waals surface area (Å²) < 4.78 is 0. The number of rotatable bonds is 2. The number of alkyl halides is 1. The molecule has 1 aliphatic rings. The Balaban J connectivity index is 2.47. The minimum Gasteiger partial charge on any atom is -0.365 e.